The number of aromatic nitrogens is 2. The Hall–Kier alpha value is -4.17. The zero-order valence-electron chi connectivity index (χ0n) is 19.7. The molecule has 0 saturated heterocycles. The summed E-state index contributed by atoms with van der Waals surface area (Å²) in [6.07, 6.45) is 1.04. The SMILES string of the molecule is CCCNC(=O)Cc1ccc(-n2c(=O)c3ccccc3n(CC(=O)Nc3ccccc3Cl)c2=O)cc1. The summed E-state index contributed by atoms with van der Waals surface area (Å²) in [5.41, 5.74) is 0.721. The van der Waals surface area contributed by atoms with Gasteiger partial charge in [0.1, 0.15) is 6.54 Å². The molecule has 2 N–H and O–H groups in total. The van der Waals surface area contributed by atoms with Crippen LogP contribution in [0.1, 0.15) is 18.9 Å². The van der Waals surface area contributed by atoms with Gasteiger partial charge in [-0.1, -0.05) is 54.9 Å². The standard InChI is InChI=1S/C27H25ClN4O4/c1-2-15-29-24(33)16-18-11-13-19(14-12-18)32-26(35)20-7-3-6-10-23(20)31(27(32)36)17-25(34)30-22-9-5-4-8-21(22)28/h3-14H,2,15-17H2,1H3,(H,29,33)(H,30,34). The molecule has 0 bridgehead atoms. The van der Waals surface area contributed by atoms with Gasteiger partial charge >= 0.3 is 5.69 Å². The molecule has 184 valence electrons. The van der Waals surface area contributed by atoms with Gasteiger partial charge in [0.25, 0.3) is 5.56 Å². The molecule has 1 heterocycles. The fraction of sp³-hybridized carbons (Fsp3) is 0.185. The number of rotatable bonds is 8. The predicted octanol–water partition coefficient (Wildman–Crippen LogP) is 3.51. The Morgan fingerprint density at radius 3 is 2.31 bits per heavy atom. The van der Waals surface area contributed by atoms with E-state index in [0.717, 1.165) is 16.6 Å². The maximum absolute atomic E-state index is 13.5. The molecule has 0 spiro atoms. The van der Waals surface area contributed by atoms with Gasteiger partial charge in [-0.25, -0.2) is 9.36 Å². The first-order valence-electron chi connectivity index (χ1n) is 11.5. The van der Waals surface area contributed by atoms with Gasteiger partial charge in [0, 0.05) is 6.54 Å². The topological polar surface area (TPSA) is 102 Å². The maximum Gasteiger partial charge on any atom is 0.336 e. The average Bonchev–Trinajstić information content (AvgIpc) is 2.88. The molecule has 0 radical (unpaired) electrons. The number of halogens is 1. The second kappa shape index (κ2) is 11.0. The van der Waals surface area contributed by atoms with Crippen molar-refractivity contribution in [2.45, 2.75) is 26.3 Å². The second-order valence-electron chi connectivity index (χ2n) is 8.25. The largest absolute Gasteiger partial charge is 0.356 e. The van der Waals surface area contributed by atoms with Crippen LogP contribution in [0.15, 0.2) is 82.4 Å². The Kier molecular flexibility index (Phi) is 7.65. The third-order valence-corrected chi connectivity index (χ3v) is 5.96. The number of anilines is 1. The van der Waals surface area contributed by atoms with Crippen LogP contribution in [0.5, 0.6) is 0 Å². The Balaban J connectivity index is 1.70. The van der Waals surface area contributed by atoms with Crippen molar-refractivity contribution < 1.29 is 9.59 Å². The molecule has 4 rings (SSSR count). The van der Waals surface area contributed by atoms with E-state index < -0.39 is 17.2 Å². The fourth-order valence-corrected chi connectivity index (χ4v) is 4.06. The molecule has 1 aromatic heterocycles. The Bertz CT molecular complexity index is 1540. The van der Waals surface area contributed by atoms with Crippen molar-refractivity contribution in [1.29, 1.82) is 0 Å². The first-order valence-corrected chi connectivity index (χ1v) is 11.9. The molecule has 0 atom stereocenters. The Morgan fingerprint density at radius 2 is 1.58 bits per heavy atom. The van der Waals surface area contributed by atoms with Crippen LogP contribution in [0.25, 0.3) is 16.6 Å². The van der Waals surface area contributed by atoms with Crippen LogP contribution >= 0.6 is 11.6 Å². The molecular formula is C27H25ClN4O4. The number of hydrogen-bond acceptors (Lipinski definition) is 4. The monoisotopic (exact) mass is 504 g/mol. The van der Waals surface area contributed by atoms with Crippen molar-refractivity contribution in [2.75, 3.05) is 11.9 Å². The molecule has 0 aliphatic heterocycles. The number of nitrogens with one attached hydrogen (secondary N) is 2. The summed E-state index contributed by atoms with van der Waals surface area (Å²) in [6.45, 7) is 2.26. The molecule has 0 unspecified atom stereocenters. The van der Waals surface area contributed by atoms with E-state index in [9.17, 15) is 19.2 Å². The summed E-state index contributed by atoms with van der Waals surface area (Å²) in [7, 11) is 0. The first-order chi connectivity index (χ1) is 17.4. The molecule has 2 amide bonds. The summed E-state index contributed by atoms with van der Waals surface area (Å²) in [4.78, 5) is 51.6. The number of nitrogens with zero attached hydrogens (tertiary/aromatic N) is 2. The molecule has 3 aromatic carbocycles. The number of para-hydroxylation sites is 2. The molecule has 0 fully saturated rings. The van der Waals surface area contributed by atoms with Crippen molar-refractivity contribution in [3.8, 4) is 5.69 Å². The lowest BCUT2D eigenvalue weighted by Gasteiger charge is -2.15. The highest BCUT2D eigenvalue weighted by atomic mass is 35.5. The quantitative estimate of drug-likeness (QED) is 0.383. The number of amides is 2. The molecule has 4 aromatic rings. The summed E-state index contributed by atoms with van der Waals surface area (Å²) in [5, 5.41) is 6.20. The lowest BCUT2D eigenvalue weighted by Crippen LogP contribution is -2.40. The van der Waals surface area contributed by atoms with Crippen molar-refractivity contribution >= 4 is 40.0 Å². The van der Waals surface area contributed by atoms with E-state index in [1.807, 2.05) is 6.92 Å². The third-order valence-electron chi connectivity index (χ3n) is 5.63. The highest BCUT2D eigenvalue weighted by Crippen LogP contribution is 2.20. The number of fused-ring (bicyclic) bond motifs is 1. The normalized spacial score (nSPS) is 10.8. The van der Waals surface area contributed by atoms with Crippen LogP contribution in [-0.2, 0) is 22.6 Å². The van der Waals surface area contributed by atoms with E-state index in [4.69, 9.17) is 11.6 Å². The van der Waals surface area contributed by atoms with Gasteiger partial charge in [0.05, 0.1) is 33.7 Å². The van der Waals surface area contributed by atoms with Crippen molar-refractivity contribution in [2.24, 2.45) is 0 Å². The molecular weight excluding hydrogens is 480 g/mol. The van der Waals surface area contributed by atoms with Gasteiger partial charge < -0.3 is 10.6 Å². The predicted molar refractivity (Wildman–Crippen MR) is 141 cm³/mol. The van der Waals surface area contributed by atoms with Crippen LogP contribution in [0.3, 0.4) is 0 Å². The summed E-state index contributed by atoms with van der Waals surface area (Å²) in [6, 6.07) is 20.1. The van der Waals surface area contributed by atoms with Gasteiger partial charge in [-0.3, -0.25) is 19.0 Å². The van der Waals surface area contributed by atoms with Crippen LogP contribution in [0, 0.1) is 0 Å². The van der Waals surface area contributed by atoms with Crippen molar-refractivity contribution in [3.05, 3.63) is 104 Å². The lowest BCUT2D eigenvalue weighted by molar-refractivity contribution is -0.120. The molecule has 36 heavy (non-hydrogen) atoms. The molecule has 0 saturated carbocycles. The lowest BCUT2D eigenvalue weighted by atomic mass is 10.1. The minimum Gasteiger partial charge on any atom is -0.356 e. The van der Waals surface area contributed by atoms with Gasteiger partial charge in [0.15, 0.2) is 0 Å². The molecule has 0 aliphatic rings. The third kappa shape index (κ3) is 5.39. The van der Waals surface area contributed by atoms with Gasteiger partial charge in [0.2, 0.25) is 11.8 Å². The molecule has 9 heteroatoms. The summed E-state index contributed by atoms with van der Waals surface area (Å²) >= 11 is 6.14. The van der Waals surface area contributed by atoms with Gasteiger partial charge in [-0.2, -0.15) is 0 Å². The van der Waals surface area contributed by atoms with E-state index in [-0.39, 0.29) is 18.9 Å². The Labute approximate surface area is 212 Å². The van der Waals surface area contributed by atoms with Gasteiger partial charge in [-0.05, 0) is 48.4 Å². The molecule has 0 aliphatic carbocycles. The minimum atomic E-state index is -0.651. The molecule has 8 nitrogen and oxygen atoms in total. The Morgan fingerprint density at radius 1 is 0.889 bits per heavy atom. The fourth-order valence-electron chi connectivity index (χ4n) is 3.87. The number of benzene rings is 3. The summed E-state index contributed by atoms with van der Waals surface area (Å²) in [5.74, 6) is -0.562. The number of carbonyl (C=O) groups excluding carboxylic acids is 2. The first kappa shape index (κ1) is 24.9. The summed E-state index contributed by atoms with van der Waals surface area (Å²) < 4.78 is 2.29. The van der Waals surface area contributed by atoms with E-state index >= 15 is 0 Å². The van der Waals surface area contributed by atoms with Gasteiger partial charge in [-0.15, -0.1) is 0 Å². The van der Waals surface area contributed by atoms with Crippen LogP contribution in [0.2, 0.25) is 5.02 Å². The van der Waals surface area contributed by atoms with Crippen LogP contribution in [-0.4, -0.2) is 27.5 Å². The zero-order valence-corrected chi connectivity index (χ0v) is 20.4. The van der Waals surface area contributed by atoms with Crippen LogP contribution < -0.4 is 21.9 Å². The number of hydrogen-bond donors (Lipinski definition) is 2. The smallest absolute Gasteiger partial charge is 0.336 e. The van der Waals surface area contributed by atoms with E-state index in [1.54, 1.807) is 72.8 Å². The average molecular weight is 505 g/mol. The number of carbonyl (C=O) groups is 2. The van der Waals surface area contributed by atoms with E-state index in [0.29, 0.717) is 33.8 Å². The van der Waals surface area contributed by atoms with Crippen molar-refractivity contribution in [1.82, 2.24) is 14.5 Å². The van der Waals surface area contributed by atoms with E-state index in [1.165, 1.54) is 4.57 Å². The van der Waals surface area contributed by atoms with Crippen LogP contribution in [0.4, 0.5) is 5.69 Å². The highest BCUT2D eigenvalue weighted by Gasteiger charge is 2.17. The van der Waals surface area contributed by atoms with Crippen molar-refractivity contribution in [3.63, 3.8) is 0 Å². The van der Waals surface area contributed by atoms with E-state index in [2.05, 4.69) is 10.6 Å². The minimum absolute atomic E-state index is 0.0978. The second-order valence-corrected chi connectivity index (χ2v) is 8.65. The highest BCUT2D eigenvalue weighted by molar-refractivity contribution is 6.33. The zero-order chi connectivity index (χ0) is 25.7. The maximum atomic E-state index is 13.5.